The molecule has 19 heavy (non-hydrogen) atoms. The average Bonchev–Trinajstić information content (AvgIpc) is 2.46. The molecule has 1 aromatic rings. The maximum atomic E-state index is 12.0. The largest absolute Gasteiger partial charge is 0.378 e. The molecule has 0 aromatic carbocycles. The van der Waals surface area contributed by atoms with E-state index in [0.717, 1.165) is 5.82 Å². The molecule has 0 unspecified atom stereocenters. The van der Waals surface area contributed by atoms with Crippen molar-refractivity contribution in [2.45, 2.75) is 0 Å². The van der Waals surface area contributed by atoms with Gasteiger partial charge in [-0.15, -0.1) is 0 Å². The van der Waals surface area contributed by atoms with Gasteiger partial charge in [0.15, 0.2) is 11.6 Å². The van der Waals surface area contributed by atoms with Crippen molar-refractivity contribution in [2.24, 2.45) is 0 Å². The lowest BCUT2D eigenvalue weighted by molar-refractivity contribution is -0.133. The van der Waals surface area contributed by atoms with E-state index < -0.39 is 0 Å². The minimum Gasteiger partial charge on any atom is -0.378 e. The normalized spacial score (nSPS) is 15.2. The number of carbonyl (C=O) groups is 1. The van der Waals surface area contributed by atoms with E-state index in [9.17, 15) is 4.79 Å². The van der Waals surface area contributed by atoms with Gasteiger partial charge < -0.3 is 19.9 Å². The topological polar surface area (TPSA) is 70.6 Å². The predicted molar refractivity (Wildman–Crippen MR) is 72.2 cm³/mol. The lowest BCUT2D eigenvalue weighted by Gasteiger charge is -2.27. The van der Waals surface area contributed by atoms with Crippen molar-refractivity contribution in [3.8, 4) is 0 Å². The second kappa shape index (κ2) is 6.33. The first kappa shape index (κ1) is 13.5. The van der Waals surface area contributed by atoms with E-state index in [-0.39, 0.29) is 12.5 Å². The molecule has 1 amide bonds. The Balaban J connectivity index is 1.93. The van der Waals surface area contributed by atoms with Gasteiger partial charge in [-0.05, 0) is 0 Å². The Hall–Kier alpha value is -1.89. The quantitative estimate of drug-likeness (QED) is 0.814. The third kappa shape index (κ3) is 3.54. The number of hydrogen-bond acceptors (Lipinski definition) is 6. The lowest BCUT2D eigenvalue weighted by atomic mass is 10.4. The summed E-state index contributed by atoms with van der Waals surface area (Å²) in [5, 5.41) is 3.04. The summed E-state index contributed by atoms with van der Waals surface area (Å²) in [6, 6.07) is 0. The van der Waals surface area contributed by atoms with Gasteiger partial charge in [0.2, 0.25) is 5.91 Å². The van der Waals surface area contributed by atoms with E-state index in [1.54, 1.807) is 17.3 Å². The number of nitrogens with one attached hydrogen (secondary N) is 1. The number of aromatic nitrogens is 2. The first-order valence-corrected chi connectivity index (χ1v) is 6.26. The maximum absolute atomic E-state index is 12.0. The predicted octanol–water partition coefficient (Wildman–Crippen LogP) is -0.187. The zero-order valence-corrected chi connectivity index (χ0v) is 11.3. The highest BCUT2D eigenvalue weighted by atomic mass is 16.5. The second-order valence-electron chi connectivity index (χ2n) is 4.47. The zero-order chi connectivity index (χ0) is 13.7. The number of nitrogens with zero attached hydrogens (tertiary/aromatic N) is 4. The van der Waals surface area contributed by atoms with Gasteiger partial charge in [0.1, 0.15) is 0 Å². The summed E-state index contributed by atoms with van der Waals surface area (Å²) in [6.07, 6.45) is 3.23. The number of morpholine rings is 1. The number of anilines is 2. The van der Waals surface area contributed by atoms with Crippen LogP contribution in [0.25, 0.3) is 0 Å². The smallest absolute Gasteiger partial charge is 0.242 e. The minimum absolute atomic E-state index is 0.0543. The second-order valence-corrected chi connectivity index (χ2v) is 4.47. The van der Waals surface area contributed by atoms with Crippen LogP contribution < -0.4 is 10.2 Å². The van der Waals surface area contributed by atoms with Crippen molar-refractivity contribution < 1.29 is 9.53 Å². The molecule has 1 aliphatic rings. The van der Waals surface area contributed by atoms with Crippen LogP contribution in [0, 0.1) is 0 Å². The number of amides is 1. The minimum atomic E-state index is 0.0543. The van der Waals surface area contributed by atoms with Crippen LogP contribution >= 0.6 is 0 Å². The summed E-state index contributed by atoms with van der Waals surface area (Å²) in [6.45, 7) is 2.75. The SMILES string of the molecule is CN(C)c1nccnc1NCC(=O)N1CCOCC1. The van der Waals surface area contributed by atoms with E-state index in [4.69, 9.17) is 4.74 Å². The fourth-order valence-corrected chi connectivity index (χ4v) is 1.87. The van der Waals surface area contributed by atoms with E-state index in [1.165, 1.54) is 0 Å². The third-order valence-corrected chi connectivity index (χ3v) is 2.87. The molecule has 0 aliphatic carbocycles. The average molecular weight is 265 g/mol. The maximum Gasteiger partial charge on any atom is 0.242 e. The summed E-state index contributed by atoms with van der Waals surface area (Å²) in [7, 11) is 3.78. The molecule has 1 N–H and O–H groups in total. The van der Waals surface area contributed by atoms with Crippen LogP contribution in [0.3, 0.4) is 0 Å². The van der Waals surface area contributed by atoms with Gasteiger partial charge in [-0.3, -0.25) is 4.79 Å². The highest BCUT2D eigenvalue weighted by Gasteiger charge is 2.17. The Morgan fingerprint density at radius 3 is 2.74 bits per heavy atom. The molecule has 7 heteroatoms. The van der Waals surface area contributed by atoms with E-state index in [0.29, 0.717) is 32.1 Å². The van der Waals surface area contributed by atoms with Gasteiger partial charge in [-0.2, -0.15) is 0 Å². The molecule has 1 aromatic heterocycles. The molecule has 0 saturated carbocycles. The highest BCUT2D eigenvalue weighted by molar-refractivity contribution is 5.81. The van der Waals surface area contributed by atoms with Gasteiger partial charge in [0, 0.05) is 39.6 Å². The van der Waals surface area contributed by atoms with Gasteiger partial charge in [0.05, 0.1) is 19.8 Å². The molecular formula is C12H19N5O2. The van der Waals surface area contributed by atoms with Crippen LogP contribution in [0.4, 0.5) is 11.6 Å². The molecule has 2 rings (SSSR count). The van der Waals surface area contributed by atoms with Crippen LogP contribution in [0.2, 0.25) is 0 Å². The monoisotopic (exact) mass is 265 g/mol. The zero-order valence-electron chi connectivity index (χ0n) is 11.3. The van der Waals surface area contributed by atoms with Crippen molar-refractivity contribution in [3.63, 3.8) is 0 Å². The summed E-state index contributed by atoms with van der Waals surface area (Å²) >= 11 is 0. The van der Waals surface area contributed by atoms with Crippen LogP contribution in [0.15, 0.2) is 12.4 Å². The number of carbonyl (C=O) groups excluding carboxylic acids is 1. The molecule has 104 valence electrons. The van der Waals surface area contributed by atoms with Gasteiger partial charge in [-0.1, -0.05) is 0 Å². The summed E-state index contributed by atoms with van der Waals surface area (Å²) in [4.78, 5) is 24.1. The van der Waals surface area contributed by atoms with E-state index in [2.05, 4.69) is 15.3 Å². The first-order valence-electron chi connectivity index (χ1n) is 6.26. The summed E-state index contributed by atoms with van der Waals surface area (Å²) in [5.41, 5.74) is 0. The first-order chi connectivity index (χ1) is 9.18. The van der Waals surface area contributed by atoms with E-state index in [1.807, 2.05) is 19.0 Å². The standard InChI is InChI=1S/C12H19N5O2/c1-16(2)12-11(13-3-4-14-12)15-9-10(18)17-5-7-19-8-6-17/h3-4H,5-9H2,1-2H3,(H,13,15). The van der Waals surface area contributed by atoms with Crippen LogP contribution in [0.5, 0.6) is 0 Å². The Morgan fingerprint density at radius 2 is 2.05 bits per heavy atom. The van der Waals surface area contributed by atoms with Gasteiger partial charge in [-0.25, -0.2) is 9.97 Å². The molecule has 7 nitrogen and oxygen atoms in total. The molecule has 1 saturated heterocycles. The Kier molecular flexibility index (Phi) is 4.51. The molecule has 0 radical (unpaired) electrons. The van der Waals surface area contributed by atoms with Crippen molar-refractivity contribution in [1.29, 1.82) is 0 Å². The van der Waals surface area contributed by atoms with Crippen molar-refractivity contribution in [1.82, 2.24) is 14.9 Å². The Morgan fingerprint density at radius 1 is 1.37 bits per heavy atom. The molecule has 0 bridgehead atoms. The lowest BCUT2D eigenvalue weighted by Crippen LogP contribution is -2.43. The number of ether oxygens (including phenoxy) is 1. The van der Waals surface area contributed by atoms with Gasteiger partial charge >= 0.3 is 0 Å². The van der Waals surface area contributed by atoms with Crippen molar-refractivity contribution in [3.05, 3.63) is 12.4 Å². The van der Waals surface area contributed by atoms with Crippen LogP contribution in [-0.2, 0) is 9.53 Å². The van der Waals surface area contributed by atoms with Crippen LogP contribution in [0.1, 0.15) is 0 Å². The Bertz CT molecular complexity index is 432. The molecule has 1 fully saturated rings. The Labute approximate surface area is 112 Å². The summed E-state index contributed by atoms with van der Waals surface area (Å²) < 4.78 is 5.22. The summed E-state index contributed by atoms with van der Waals surface area (Å²) in [5.74, 6) is 1.39. The highest BCUT2D eigenvalue weighted by Crippen LogP contribution is 2.16. The van der Waals surface area contributed by atoms with Crippen molar-refractivity contribution in [2.75, 3.05) is 57.2 Å². The number of rotatable bonds is 4. The van der Waals surface area contributed by atoms with Crippen molar-refractivity contribution >= 4 is 17.5 Å². The van der Waals surface area contributed by atoms with Crippen LogP contribution in [-0.4, -0.2) is 67.7 Å². The fourth-order valence-electron chi connectivity index (χ4n) is 1.87. The number of hydrogen-bond donors (Lipinski definition) is 1. The van der Waals surface area contributed by atoms with E-state index >= 15 is 0 Å². The molecular weight excluding hydrogens is 246 g/mol. The molecule has 2 heterocycles. The molecule has 0 atom stereocenters. The molecule has 1 aliphatic heterocycles. The molecule has 0 spiro atoms. The third-order valence-electron chi connectivity index (χ3n) is 2.87. The van der Waals surface area contributed by atoms with Gasteiger partial charge in [0.25, 0.3) is 0 Å². The fraction of sp³-hybridized carbons (Fsp3) is 0.583.